The number of fused-ring (bicyclic) bond motifs is 1. The number of nitrogens with one attached hydrogen (secondary N) is 1. The van der Waals surface area contributed by atoms with Gasteiger partial charge in [0, 0.05) is 11.4 Å². The van der Waals surface area contributed by atoms with Gasteiger partial charge in [0.25, 0.3) is 11.8 Å². The van der Waals surface area contributed by atoms with Gasteiger partial charge in [-0.05, 0) is 48.9 Å². The average Bonchev–Trinajstić information content (AvgIpc) is 2.78. The summed E-state index contributed by atoms with van der Waals surface area (Å²) in [7, 11) is 1.52. The molecule has 3 aromatic carbocycles. The van der Waals surface area contributed by atoms with E-state index in [4.69, 9.17) is 15.2 Å². The van der Waals surface area contributed by atoms with Crippen molar-refractivity contribution >= 4 is 23.2 Å². The second kappa shape index (κ2) is 8.39. The largest absolute Gasteiger partial charge is 0.493 e. The van der Waals surface area contributed by atoms with Crippen LogP contribution in [0.15, 0.2) is 66.7 Å². The number of nitrogens with zero attached hydrogens (tertiary/aromatic N) is 1. The zero-order chi connectivity index (χ0) is 22.0. The van der Waals surface area contributed by atoms with E-state index < -0.39 is 12.1 Å². The molecule has 3 N–H and O–H groups in total. The smallest absolute Gasteiger partial charge is 0.262 e. The SMILES string of the molecule is COc1cc([C@@H]2Nc3ccccc3C(=O)N2c2ccc(C)cc2)ccc1OCC(N)=O. The maximum Gasteiger partial charge on any atom is 0.262 e. The highest BCUT2D eigenvalue weighted by molar-refractivity contribution is 6.12. The van der Waals surface area contributed by atoms with Gasteiger partial charge in [-0.25, -0.2) is 0 Å². The summed E-state index contributed by atoms with van der Waals surface area (Å²) in [6.45, 7) is 1.75. The molecule has 7 nitrogen and oxygen atoms in total. The number of ether oxygens (including phenoxy) is 2. The van der Waals surface area contributed by atoms with E-state index in [9.17, 15) is 9.59 Å². The van der Waals surface area contributed by atoms with Crippen molar-refractivity contribution < 1.29 is 19.1 Å². The van der Waals surface area contributed by atoms with Crippen molar-refractivity contribution in [3.63, 3.8) is 0 Å². The Labute approximate surface area is 180 Å². The van der Waals surface area contributed by atoms with Gasteiger partial charge in [-0.15, -0.1) is 0 Å². The van der Waals surface area contributed by atoms with Crippen molar-refractivity contribution in [2.75, 3.05) is 23.9 Å². The van der Waals surface area contributed by atoms with Crippen LogP contribution in [0.5, 0.6) is 11.5 Å². The summed E-state index contributed by atoms with van der Waals surface area (Å²) < 4.78 is 10.9. The van der Waals surface area contributed by atoms with Crippen LogP contribution in [0.1, 0.15) is 27.7 Å². The molecular formula is C24H23N3O4. The first-order valence-electron chi connectivity index (χ1n) is 9.83. The van der Waals surface area contributed by atoms with Crippen LogP contribution >= 0.6 is 0 Å². The third-order valence-electron chi connectivity index (χ3n) is 5.11. The van der Waals surface area contributed by atoms with Crippen molar-refractivity contribution in [2.45, 2.75) is 13.1 Å². The number of methoxy groups -OCH3 is 1. The molecule has 0 unspecified atom stereocenters. The van der Waals surface area contributed by atoms with Gasteiger partial charge in [0.15, 0.2) is 18.1 Å². The van der Waals surface area contributed by atoms with Crippen LogP contribution in [-0.4, -0.2) is 25.5 Å². The van der Waals surface area contributed by atoms with Gasteiger partial charge >= 0.3 is 0 Å². The fourth-order valence-corrected chi connectivity index (χ4v) is 3.58. The standard InChI is InChI=1S/C24H23N3O4/c1-15-7-10-17(11-8-15)27-23(26-19-6-4-3-5-18(19)24(27)29)16-9-12-20(21(13-16)30-2)31-14-22(25)28/h3-13,23,26H,14H2,1-2H3,(H2,25,28)/t23-/m1/s1. The zero-order valence-electron chi connectivity index (χ0n) is 17.3. The molecule has 1 heterocycles. The Morgan fingerprint density at radius 1 is 1.06 bits per heavy atom. The number of primary amides is 1. The molecule has 0 aliphatic carbocycles. The van der Waals surface area contributed by atoms with Gasteiger partial charge < -0.3 is 20.5 Å². The first kappa shape index (κ1) is 20.3. The Bertz CT molecular complexity index is 1130. The van der Waals surface area contributed by atoms with Crippen LogP contribution in [0.4, 0.5) is 11.4 Å². The van der Waals surface area contributed by atoms with Gasteiger partial charge in [-0.1, -0.05) is 35.9 Å². The minimum Gasteiger partial charge on any atom is -0.493 e. The van der Waals surface area contributed by atoms with Gasteiger partial charge in [-0.2, -0.15) is 0 Å². The topological polar surface area (TPSA) is 93.9 Å². The number of carbonyl (C=O) groups is 2. The predicted molar refractivity (Wildman–Crippen MR) is 118 cm³/mol. The van der Waals surface area contributed by atoms with E-state index >= 15 is 0 Å². The zero-order valence-corrected chi connectivity index (χ0v) is 17.3. The van der Waals surface area contributed by atoms with E-state index in [1.807, 2.05) is 61.5 Å². The Balaban J connectivity index is 1.77. The third-order valence-corrected chi connectivity index (χ3v) is 5.11. The van der Waals surface area contributed by atoms with Crippen LogP contribution in [0, 0.1) is 6.92 Å². The van der Waals surface area contributed by atoms with Crippen molar-refractivity contribution in [3.05, 3.63) is 83.4 Å². The summed E-state index contributed by atoms with van der Waals surface area (Å²) >= 11 is 0. The lowest BCUT2D eigenvalue weighted by molar-refractivity contribution is -0.119. The van der Waals surface area contributed by atoms with E-state index in [-0.39, 0.29) is 12.5 Å². The average molecular weight is 417 g/mol. The van der Waals surface area contributed by atoms with E-state index in [0.29, 0.717) is 17.1 Å². The molecule has 1 aliphatic heterocycles. The molecule has 2 amide bonds. The maximum atomic E-state index is 13.5. The van der Waals surface area contributed by atoms with Crippen LogP contribution in [0.3, 0.4) is 0 Å². The molecule has 3 aromatic rings. The van der Waals surface area contributed by atoms with Gasteiger partial charge in [0.1, 0.15) is 6.17 Å². The summed E-state index contributed by atoms with van der Waals surface area (Å²) in [5, 5.41) is 3.46. The van der Waals surface area contributed by atoms with E-state index in [1.165, 1.54) is 7.11 Å². The molecule has 158 valence electrons. The van der Waals surface area contributed by atoms with Crippen LogP contribution in [-0.2, 0) is 4.79 Å². The number of carbonyl (C=O) groups excluding carboxylic acids is 2. The number of anilines is 2. The number of hydrogen-bond donors (Lipinski definition) is 2. The molecule has 31 heavy (non-hydrogen) atoms. The van der Waals surface area contributed by atoms with Crippen molar-refractivity contribution in [2.24, 2.45) is 5.73 Å². The summed E-state index contributed by atoms with van der Waals surface area (Å²) in [4.78, 5) is 26.3. The number of para-hydroxylation sites is 1. The Morgan fingerprint density at radius 2 is 1.81 bits per heavy atom. The molecular weight excluding hydrogens is 394 g/mol. The summed E-state index contributed by atoms with van der Waals surface area (Å²) in [6, 6.07) is 20.6. The summed E-state index contributed by atoms with van der Waals surface area (Å²) in [5.74, 6) is 0.161. The summed E-state index contributed by atoms with van der Waals surface area (Å²) in [6.07, 6.45) is -0.468. The maximum absolute atomic E-state index is 13.5. The highest BCUT2D eigenvalue weighted by atomic mass is 16.5. The fourth-order valence-electron chi connectivity index (χ4n) is 3.58. The fraction of sp³-hybridized carbons (Fsp3) is 0.167. The number of amides is 2. The third kappa shape index (κ3) is 4.02. The number of nitrogens with two attached hydrogens (primary N) is 1. The van der Waals surface area contributed by atoms with Gasteiger partial charge in [-0.3, -0.25) is 14.5 Å². The van der Waals surface area contributed by atoms with Crippen LogP contribution in [0.2, 0.25) is 0 Å². The number of hydrogen-bond acceptors (Lipinski definition) is 5. The Morgan fingerprint density at radius 3 is 2.52 bits per heavy atom. The molecule has 0 saturated heterocycles. The lowest BCUT2D eigenvalue weighted by atomic mass is 10.0. The minimum atomic E-state index is -0.576. The molecule has 7 heteroatoms. The van der Waals surface area contributed by atoms with Gasteiger partial charge in [0.2, 0.25) is 0 Å². The normalized spacial score (nSPS) is 15.1. The Kier molecular flexibility index (Phi) is 5.49. The van der Waals surface area contributed by atoms with Crippen LogP contribution in [0.25, 0.3) is 0 Å². The predicted octanol–water partition coefficient (Wildman–Crippen LogP) is 3.64. The minimum absolute atomic E-state index is 0.101. The molecule has 0 fully saturated rings. The van der Waals surface area contributed by atoms with E-state index in [0.717, 1.165) is 22.5 Å². The first-order chi connectivity index (χ1) is 15.0. The molecule has 0 saturated carbocycles. The lowest BCUT2D eigenvalue weighted by Gasteiger charge is -2.38. The van der Waals surface area contributed by atoms with E-state index in [1.54, 1.807) is 17.0 Å². The Hall–Kier alpha value is -4.00. The second-order valence-electron chi connectivity index (χ2n) is 7.27. The molecule has 0 spiro atoms. The molecule has 1 atom stereocenters. The summed E-state index contributed by atoms with van der Waals surface area (Å²) in [5.41, 5.74) is 9.21. The number of benzene rings is 3. The van der Waals surface area contributed by atoms with Crippen molar-refractivity contribution in [1.82, 2.24) is 0 Å². The number of rotatable bonds is 6. The molecule has 0 radical (unpaired) electrons. The lowest BCUT2D eigenvalue weighted by Crippen LogP contribution is -2.43. The monoisotopic (exact) mass is 417 g/mol. The van der Waals surface area contributed by atoms with Crippen LogP contribution < -0.4 is 25.4 Å². The van der Waals surface area contributed by atoms with Crippen molar-refractivity contribution in [1.29, 1.82) is 0 Å². The number of aryl methyl sites for hydroxylation is 1. The molecule has 1 aliphatic rings. The van der Waals surface area contributed by atoms with E-state index in [2.05, 4.69) is 5.32 Å². The molecule has 0 aromatic heterocycles. The molecule has 4 rings (SSSR count). The molecule has 0 bridgehead atoms. The highest BCUT2D eigenvalue weighted by Crippen LogP contribution is 2.39. The van der Waals surface area contributed by atoms with Crippen molar-refractivity contribution in [3.8, 4) is 11.5 Å². The first-order valence-corrected chi connectivity index (χ1v) is 9.83. The quantitative estimate of drug-likeness (QED) is 0.639. The second-order valence-corrected chi connectivity index (χ2v) is 7.27. The van der Waals surface area contributed by atoms with Gasteiger partial charge in [0.05, 0.1) is 12.7 Å². The highest BCUT2D eigenvalue weighted by Gasteiger charge is 2.34.